The summed E-state index contributed by atoms with van der Waals surface area (Å²) in [6.07, 6.45) is 1.06. The van der Waals surface area contributed by atoms with Gasteiger partial charge in [0.1, 0.15) is 0 Å². The molecule has 0 aliphatic heterocycles. The summed E-state index contributed by atoms with van der Waals surface area (Å²) in [4.78, 5) is 0. The van der Waals surface area contributed by atoms with Crippen LogP contribution in [0, 0.1) is 12.3 Å². The number of hydrogen-bond donors (Lipinski definition) is 2. The molecule has 1 rings (SSSR count). The second kappa shape index (κ2) is 5.87. The zero-order chi connectivity index (χ0) is 13.1. The van der Waals surface area contributed by atoms with Crippen molar-refractivity contribution in [2.45, 2.75) is 40.2 Å². The van der Waals surface area contributed by atoms with Crippen LogP contribution in [0.15, 0.2) is 22.7 Å². The standard InChI is InChI=1S/C14H23BrN2/c1-10-5-6-12(15)13(7-10)17-11(9-16)8-14(2,3)4/h5-7,11,17H,8-9,16H2,1-4H3. The van der Waals surface area contributed by atoms with Crippen LogP contribution in [0.3, 0.4) is 0 Å². The molecule has 0 aromatic heterocycles. The molecule has 17 heavy (non-hydrogen) atoms. The van der Waals surface area contributed by atoms with Crippen molar-refractivity contribution in [3.8, 4) is 0 Å². The summed E-state index contributed by atoms with van der Waals surface area (Å²) in [5.41, 5.74) is 8.50. The first-order valence-electron chi connectivity index (χ1n) is 6.04. The summed E-state index contributed by atoms with van der Waals surface area (Å²) < 4.78 is 1.09. The minimum atomic E-state index is 0.285. The first-order chi connectivity index (χ1) is 7.81. The molecule has 0 saturated carbocycles. The molecule has 0 bridgehead atoms. The van der Waals surface area contributed by atoms with E-state index in [0.717, 1.165) is 16.6 Å². The van der Waals surface area contributed by atoms with Crippen molar-refractivity contribution in [3.05, 3.63) is 28.2 Å². The zero-order valence-corrected chi connectivity index (χ0v) is 12.8. The van der Waals surface area contributed by atoms with Crippen LogP contribution < -0.4 is 11.1 Å². The number of halogens is 1. The zero-order valence-electron chi connectivity index (χ0n) is 11.2. The van der Waals surface area contributed by atoms with Crippen LogP contribution in [0.4, 0.5) is 5.69 Å². The molecule has 96 valence electrons. The van der Waals surface area contributed by atoms with Crippen LogP contribution in [-0.4, -0.2) is 12.6 Å². The molecule has 0 radical (unpaired) electrons. The van der Waals surface area contributed by atoms with E-state index in [1.807, 2.05) is 0 Å². The van der Waals surface area contributed by atoms with Gasteiger partial charge in [0.05, 0.1) is 0 Å². The number of anilines is 1. The highest BCUT2D eigenvalue weighted by atomic mass is 79.9. The van der Waals surface area contributed by atoms with Crippen molar-refractivity contribution < 1.29 is 0 Å². The molecule has 1 atom stereocenters. The van der Waals surface area contributed by atoms with Gasteiger partial charge in [-0.3, -0.25) is 0 Å². The van der Waals surface area contributed by atoms with E-state index < -0.39 is 0 Å². The number of nitrogens with two attached hydrogens (primary N) is 1. The van der Waals surface area contributed by atoms with Crippen LogP contribution >= 0.6 is 15.9 Å². The van der Waals surface area contributed by atoms with E-state index in [-0.39, 0.29) is 5.41 Å². The highest BCUT2D eigenvalue weighted by molar-refractivity contribution is 9.10. The summed E-state index contributed by atoms with van der Waals surface area (Å²) >= 11 is 3.56. The first-order valence-corrected chi connectivity index (χ1v) is 6.84. The van der Waals surface area contributed by atoms with Crippen LogP contribution in [0.25, 0.3) is 0 Å². The van der Waals surface area contributed by atoms with Crippen molar-refractivity contribution in [3.63, 3.8) is 0 Å². The lowest BCUT2D eigenvalue weighted by atomic mass is 9.88. The van der Waals surface area contributed by atoms with Gasteiger partial charge in [-0.2, -0.15) is 0 Å². The lowest BCUT2D eigenvalue weighted by Gasteiger charge is -2.27. The molecule has 1 unspecified atom stereocenters. The van der Waals surface area contributed by atoms with Crippen molar-refractivity contribution >= 4 is 21.6 Å². The van der Waals surface area contributed by atoms with Crippen molar-refractivity contribution in [2.24, 2.45) is 11.1 Å². The molecule has 3 heteroatoms. The Morgan fingerprint density at radius 2 is 2.00 bits per heavy atom. The molecule has 2 nitrogen and oxygen atoms in total. The van der Waals surface area contributed by atoms with Gasteiger partial charge in [0.2, 0.25) is 0 Å². The van der Waals surface area contributed by atoms with Crippen LogP contribution in [0.1, 0.15) is 32.8 Å². The van der Waals surface area contributed by atoms with E-state index in [2.05, 4.69) is 67.1 Å². The Bertz CT molecular complexity index is 369. The Labute approximate surface area is 113 Å². The summed E-state index contributed by atoms with van der Waals surface area (Å²) in [6, 6.07) is 6.63. The molecular formula is C14H23BrN2. The maximum atomic E-state index is 5.84. The molecule has 0 spiro atoms. The average molecular weight is 299 g/mol. The topological polar surface area (TPSA) is 38.0 Å². The van der Waals surface area contributed by atoms with E-state index in [1.54, 1.807) is 0 Å². The van der Waals surface area contributed by atoms with E-state index in [4.69, 9.17) is 5.73 Å². The van der Waals surface area contributed by atoms with E-state index in [0.29, 0.717) is 12.6 Å². The lowest BCUT2D eigenvalue weighted by molar-refractivity contribution is 0.351. The van der Waals surface area contributed by atoms with Crippen LogP contribution in [0.2, 0.25) is 0 Å². The third kappa shape index (κ3) is 5.09. The summed E-state index contributed by atoms with van der Waals surface area (Å²) in [5, 5.41) is 3.52. The van der Waals surface area contributed by atoms with Gasteiger partial charge in [-0.05, 0) is 52.4 Å². The lowest BCUT2D eigenvalue weighted by Crippen LogP contribution is -2.33. The van der Waals surface area contributed by atoms with Gasteiger partial charge in [0.25, 0.3) is 0 Å². The Morgan fingerprint density at radius 1 is 1.35 bits per heavy atom. The Kier molecular flexibility index (Phi) is 5.02. The van der Waals surface area contributed by atoms with Gasteiger partial charge in [-0.25, -0.2) is 0 Å². The Hall–Kier alpha value is -0.540. The highest BCUT2D eigenvalue weighted by Gasteiger charge is 2.18. The van der Waals surface area contributed by atoms with E-state index in [9.17, 15) is 0 Å². The number of aryl methyl sites for hydroxylation is 1. The maximum absolute atomic E-state index is 5.84. The molecule has 1 aromatic carbocycles. The summed E-state index contributed by atoms with van der Waals surface area (Å²) in [6.45, 7) is 9.46. The predicted molar refractivity (Wildman–Crippen MR) is 79.4 cm³/mol. The monoisotopic (exact) mass is 298 g/mol. The van der Waals surface area contributed by atoms with Crippen molar-refractivity contribution in [1.82, 2.24) is 0 Å². The third-order valence-corrected chi connectivity index (χ3v) is 3.32. The molecule has 3 N–H and O–H groups in total. The highest BCUT2D eigenvalue weighted by Crippen LogP contribution is 2.27. The summed E-state index contributed by atoms with van der Waals surface area (Å²) in [5.74, 6) is 0. The number of benzene rings is 1. The van der Waals surface area contributed by atoms with Gasteiger partial charge in [0.15, 0.2) is 0 Å². The number of hydrogen-bond acceptors (Lipinski definition) is 2. The summed E-state index contributed by atoms with van der Waals surface area (Å²) in [7, 11) is 0. The fraction of sp³-hybridized carbons (Fsp3) is 0.571. The first kappa shape index (κ1) is 14.5. The van der Waals surface area contributed by atoms with E-state index >= 15 is 0 Å². The number of rotatable bonds is 4. The second-order valence-corrected chi connectivity index (χ2v) is 6.68. The molecule has 0 aliphatic rings. The minimum absolute atomic E-state index is 0.285. The van der Waals surface area contributed by atoms with Gasteiger partial charge in [-0.1, -0.05) is 26.8 Å². The van der Waals surface area contributed by atoms with Gasteiger partial charge in [0, 0.05) is 22.7 Å². The molecule has 0 amide bonds. The van der Waals surface area contributed by atoms with Crippen LogP contribution in [0.5, 0.6) is 0 Å². The second-order valence-electron chi connectivity index (χ2n) is 5.83. The van der Waals surface area contributed by atoms with Crippen molar-refractivity contribution in [2.75, 3.05) is 11.9 Å². The molecule has 0 fully saturated rings. The van der Waals surface area contributed by atoms with E-state index in [1.165, 1.54) is 5.56 Å². The largest absolute Gasteiger partial charge is 0.380 e. The van der Waals surface area contributed by atoms with Gasteiger partial charge >= 0.3 is 0 Å². The quantitative estimate of drug-likeness (QED) is 0.884. The molecular weight excluding hydrogens is 276 g/mol. The molecule has 1 aromatic rings. The molecule has 0 aliphatic carbocycles. The van der Waals surface area contributed by atoms with Gasteiger partial charge in [-0.15, -0.1) is 0 Å². The smallest absolute Gasteiger partial charge is 0.0489 e. The Balaban J connectivity index is 2.77. The fourth-order valence-corrected chi connectivity index (χ4v) is 2.26. The molecule has 0 saturated heterocycles. The SMILES string of the molecule is Cc1ccc(Br)c(NC(CN)CC(C)(C)C)c1. The third-order valence-electron chi connectivity index (χ3n) is 2.62. The van der Waals surface area contributed by atoms with Crippen LogP contribution in [-0.2, 0) is 0 Å². The average Bonchev–Trinajstić information content (AvgIpc) is 2.20. The molecule has 0 heterocycles. The fourth-order valence-electron chi connectivity index (χ4n) is 1.90. The predicted octanol–water partition coefficient (Wildman–Crippen LogP) is 3.93. The normalized spacial score (nSPS) is 13.5. The van der Waals surface area contributed by atoms with Gasteiger partial charge < -0.3 is 11.1 Å². The van der Waals surface area contributed by atoms with Crippen molar-refractivity contribution in [1.29, 1.82) is 0 Å². The Morgan fingerprint density at radius 3 is 2.53 bits per heavy atom. The maximum Gasteiger partial charge on any atom is 0.0489 e. The minimum Gasteiger partial charge on any atom is -0.380 e. The number of nitrogens with one attached hydrogen (secondary N) is 1.